The van der Waals surface area contributed by atoms with E-state index in [9.17, 15) is 0 Å². The fraction of sp³-hybridized carbons (Fsp3) is 0.256. The molecule has 7 rings (SSSR count). The quantitative estimate of drug-likeness (QED) is 0.167. The Labute approximate surface area is 290 Å². The van der Waals surface area contributed by atoms with Crippen LogP contribution in [0.3, 0.4) is 0 Å². The zero-order valence-electron chi connectivity index (χ0n) is 31.3. The third-order valence-electron chi connectivity index (χ3n) is 7.48. The summed E-state index contributed by atoms with van der Waals surface area (Å²) in [4.78, 5) is 14.0. The summed E-state index contributed by atoms with van der Waals surface area (Å²) in [6, 6.07) is 23.5. The fourth-order valence-electron chi connectivity index (χ4n) is 4.95. The predicted octanol–water partition coefficient (Wildman–Crippen LogP) is 10.7. The minimum atomic E-state index is -2.32. The van der Waals surface area contributed by atoms with Crippen molar-refractivity contribution in [3.63, 3.8) is 0 Å². The third kappa shape index (κ3) is 6.94. The average molecular weight is 793 g/mol. The molecular formula is C39H37IrN3OS-2. The second-order valence-electron chi connectivity index (χ2n) is 12.2. The molecule has 0 fully saturated rings. The average Bonchev–Trinajstić information content (AvgIpc) is 3.59. The van der Waals surface area contributed by atoms with Gasteiger partial charge < -0.3 is 14.4 Å². The molecule has 0 bridgehead atoms. The van der Waals surface area contributed by atoms with E-state index in [2.05, 4.69) is 66.1 Å². The zero-order valence-corrected chi connectivity index (χ0v) is 29.6. The summed E-state index contributed by atoms with van der Waals surface area (Å²) >= 11 is 1.45. The first-order valence-electron chi connectivity index (χ1n) is 17.0. The van der Waals surface area contributed by atoms with Crippen LogP contribution >= 0.6 is 11.3 Å². The van der Waals surface area contributed by atoms with Crippen LogP contribution in [0.1, 0.15) is 60.4 Å². The van der Waals surface area contributed by atoms with E-state index in [1.807, 2.05) is 52.1 Å². The molecule has 0 aliphatic rings. The maximum absolute atomic E-state index is 8.73. The normalized spacial score (nSPS) is 13.7. The van der Waals surface area contributed by atoms with Crippen molar-refractivity contribution in [1.82, 2.24) is 15.0 Å². The smallest absolute Gasteiger partial charge is 0.216 e. The Bertz CT molecular complexity index is 2340. The van der Waals surface area contributed by atoms with Gasteiger partial charge in [0.2, 0.25) is 5.71 Å². The summed E-state index contributed by atoms with van der Waals surface area (Å²) in [6.45, 7) is 11.6. The first-order valence-corrected chi connectivity index (χ1v) is 15.3. The van der Waals surface area contributed by atoms with E-state index in [1.165, 1.54) is 34.1 Å². The van der Waals surface area contributed by atoms with Gasteiger partial charge >= 0.3 is 0 Å². The molecule has 6 heteroatoms. The second-order valence-corrected chi connectivity index (χ2v) is 13.2. The number of nitrogens with zero attached hydrogens (tertiary/aromatic N) is 3. The van der Waals surface area contributed by atoms with Gasteiger partial charge in [0, 0.05) is 65.4 Å². The van der Waals surface area contributed by atoms with Crippen molar-refractivity contribution in [3.8, 4) is 22.5 Å². The van der Waals surface area contributed by atoms with E-state index in [-0.39, 0.29) is 31.5 Å². The topological polar surface area (TPSA) is 51.8 Å². The van der Waals surface area contributed by atoms with E-state index in [0.717, 1.165) is 37.7 Å². The van der Waals surface area contributed by atoms with Crippen molar-refractivity contribution in [2.45, 2.75) is 61.7 Å². The number of benzene rings is 2. The molecule has 0 N–H and O–H groups in total. The molecule has 7 aromatic rings. The first-order chi connectivity index (χ1) is 23.0. The molecule has 0 aliphatic carbocycles. The Morgan fingerprint density at radius 2 is 1.69 bits per heavy atom. The fourth-order valence-corrected chi connectivity index (χ4v) is 6.28. The van der Waals surface area contributed by atoms with Crippen LogP contribution < -0.4 is 0 Å². The Hall–Kier alpha value is -3.70. The molecule has 2 aromatic carbocycles. The molecular weight excluding hydrogens is 751 g/mol. The van der Waals surface area contributed by atoms with Crippen LogP contribution in [-0.4, -0.2) is 15.0 Å². The molecule has 5 aromatic heterocycles. The summed E-state index contributed by atoms with van der Waals surface area (Å²) in [5.74, 6) is 0. The van der Waals surface area contributed by atoms with Crippen LogP contribution in [0.5, 0.6) is 0 Å². The van der Waals surface area contributed by atoms with Crippen LogP contribution in [0, 0.1) is 52.1 Å². The molecule has 4 nitrogen and oxygen atoms in total. The summed E-state index contributed by atoms with van der Waals surface area (Å²) in [5.41, 5.74) is 8.23. The van der Waals surface area contributed by atoms with E-state index < -0.39 is 18.6 Å². The minimum absolute atomic E-state index is 0. The van der Waals surface area contributed by atoms with Gasteiger partial charge in [-0.1, -0.05) is 56.3 Å². The number of furan rings is 1. The van der Waals surface area contributed by atoms with Gasteiger partial charge in [0.25, 0.3) is 0 Å². The molecule has 0 saturated carbocycles. The standard InChI is InChI=1S/C25H23N2OS.C14H14N.Ir/c1-14-9-10-17-16-7-6-8-18(23(16)28-24(17)27-14)20-11-21-19(13-26-20)15(2)22(29-21)12-25(3,4)5;1-10-4-6-13(7-5-10)14-8-11(2)12(3)9-15-14;/h6-7,9-11,13H,12H2,1-5H3;4-6,8-9H,1-3H3;/q2*-1;/i1D3,12D2;;. The SMILES string of the molecule is Cc1c[c-]c(-c2cc(C)c(C)cn2)cc1.[2H]C([2H])([2H])c1ccc2c(n1)oc1c(-c3cc4sc(C([2H])([2H])C(C)(C)C)c(C)c4cn3)[c-]ccc12.[Ir]. The van der Waals surface area contributed by atoms with Crippen LogP contribution in [0.2, 0.25) is 0 Å². The van der Waals surface area contributed by atoms with Gasteiger partial charge in [-0.05, 0) is 74.1 Å². The van der Waals surface area contributed by atoms with Crippen molar-refractivity contribution in [2.75, 3.05) is 0 Å². The molecule has 0 amide bonds. The van der Waals surface area contributed by atoms with Crippen LogP contribution in [0.25, 0.3) is 54.7 Å². The van der Waals surface area contributed by atoms with Gasteiger partial charge in [-0.25, -0.2) is 4.98 Å². The number of rotatable bonds is 3. The molecule has 45 heavy (non-hydrogen) atoms. The number of hydrogen-bond acceptors (Lipinski definition) is 5. The van der Waals surface area contributed by atoms with Crippen molar-refractivity contribution >= 4 is 43.5 Å². The van der Waals surface area contributed by atoms with Crippen molar-refractivity contribution in [3.05, 3.63) is 112 Å². The molecule has 1 radical (unpaired) electrons. The number of hydrogen-bond donors (Lipinski definition) is 0. The van der Waals surface area contributed by atoms with Gasteiger partial charge in [0.15, 0.2) is 0 Å². The summed E-state index contributed by atoms with van der Waals surface area (Å²) in [6.07, 6.45) is 2.20. The molecule has 0 aliphatic heterocycles. The number of aromatic nitrogens is 3. The Morgan fingerprint density at radius 3 is 2.40 bits per heavy atom. The van der Waals surface area contributed by atoms with Crippen LogP contribution in [0.15, 0.2) is 71.4 Å². The largest absolute Gasteiger partial charge is 0.486 e. The van der Waals surface area contributed by atoms with Gasteiger partial charge in [-0.2, -0.15) is 0 Å². The van der Waals surface area contributed by atoms with Gasteiger partial charge in [-0.15, -0.1) is 64.9 Å². The summed E-state index contributed by atoms with van der Waals surface area (Å²) in [5, 5.41) is 2.46. The summed E-state index contributed by atoms with van der Waals surface area (Å²) < 4.78 is 47.3. The number of aryl methyl sites for hydroxylation is 5. The van der Waals surface area contributed by atoms with Gasteiger partial charge in [0.05, 0.1) is 5.58 Å². The number of pyridine rings is 3. The molecule has 0 spiro atoms. The first kappa shape index (κ1) is 26.5. The predicted molar refractivity (Wildman–Crippen MR) is 184 cm³/mol. The third-order valence-corrected chi connectivity index (χ3v) is 8.65. The number of fused-ring (bicyclic) bond motifs is 4. The van der Waals surface area contributed by atoms with Crippen molar-refractivity contribution in [2.24, 2.45) is 5.41 Å². The van der Waals surface area contributed by atoms with Crippen molar-refractivity contribution in [1.29, 1.82) is 0 Å². The maximum Gasteiger partial charge on any atom is 0.216 e. The van der Waals surface area contributed by atoms with E-state index in [4.69, 9.17) is 11.3 Å². The molecule has 0 saturated heterocycles. The van der Waals surface area contributed by atoms with Gasteiger partial charge in [-0.3, -0.25) is 0 Å². The van der Waals surface area contributed by atoms with E-state index in [0.29, 0.717) is 21.7 Å². The molecule has 0 unspecified atom stereocenters. The zero-order chi connectivity index (χ0) is 35.5. The van der Waals surface area contributed by atoms with Gasteiger partial charge in [0.1, 0.15) is 0 Å². The Kier molecular flexibility index (Phi) is 7.64. The number of thiophene rings is 1. The van der Waals surface area contributed by atoms with Crippen LogP contribution in [0.4, 0.5) is 0 Å². The maximum atomic E-state index is 8.73. The minimum Gasteiger partial charge on any atom is -0.486 e. The molecule has 231 valence electrons. The van der Waals surface area contributed by atoms with Crippen molar-refractivity contribution < 1.29 is 31.4 Å². The van der Waals surface area contributed by atoms with E-state index >= 15 is 0 Å². The summed E-state index contributed by atoms with van der Waals surface area (Å²) in [7, 11) is 0. The molecule has 5 heterocycles. The van der Waals surface area contributed by atoms with E-state index in [1.54, 1.807) is 18.3 Å². The van der Waals surface area contributed by atoms with Crippen LogP contribution in [-0.2, 0) is 26.5 Å². The second kappa shape index (κ2) is 13.0. The monoisotopic (exact) mass is 793 g/mol. The Morgan fingerprint density at radius 1 is 0.889 bits per heavy atom. The molecule has 0 atom stereocenters. The Balaban J connectivity index is 0.000000255.